The second kappa shape index (κ2) is 11.9. The second-order valence-electron chi connectivity index (χ2n) is 6.60. The number of carbonyl (C=O) groups excluding carboxylic acids is 1. The number of nitrogens with zero attached hydrogens (tertiary/aromatic N) is 3. The molecule has 0 atom stereocenters. The highest BCUT2D eigenvalue weighted by atomic mass is 31.2. The number of imidazole rings is 1. The zero-order chi connectivity index (χ0) is 22.0. The fourth-order valence-corrected chi connectivity index (χ4v) is 4.59. The van der Waals surface area contributed by atoms with E-state index in [1.54, 1.807) is 18.4 Å². The molecule has 0 radical (unpaired) electrons. The van der Waals surface area contributed by atoms with Crippen molar-refractivity contribution in [3.05, 3.63) is 16.7 Å². The maximum atomic E-state index is 12.4. The lowest BCUT2D eigenvalue weighted by atomic mass is 10.2. The fourth-order valence-electron chi connectivity index (χ4n) is 2.86. The van der Waals surface area contributed by atoms with Crippen LogP contribution in [0.3, 0.4) is 0 Å². The first-order chi connectivity index (χ1) is 14.4. The van der Waals surface area contributed by atoms with Crippen LogP contribution in [0.5, 0.6) is 0 Å². The van der Waals surface area contributed by atoms with Gasteiger partial charge in [-0.3, -0.25) is 29.0 Å². The molecule has 0 spiro atoms. The highest BCUT2D eigenvalue weighted by Crippen LogP contribution is 2.48. The number of fused-ring (bicyclic) bond motifs is 1. The van der Waals surface area contributed by atoms with Gasteiger partial charge in [0.05, 0.1) is 25.7 Å². The number of unbranched alkanes of at least 4 members (excludes halogenated alkanes) is 3. The number of anilines is 1. The summed E-state index contributed by atoms with van der Waals surface area (Å²) in [6.45, 7) is 6.41. The summed E-state index contributed by atoms with van der Waals surface area (Å²) in [4.78, 5) is 33.9. The van der Waals surface area contributed by atoms with Crippen molar-refractivity contribution < 1.29 is 23.1 Å². The van der Waals surface area contributed by atoms with Crippen LogP contribution in [0.15, 0.2) is 11.1 Å². The minimum atomic E-state index is -2.96. The Bertz CT molecular complexity index is 917. The molecule has 168 valence electrons. The molecule has 2 rings (SSSR count). The number of nitrogens with one attached hydrogen (secondary N) is 2. The van der Waals surface area contributed by atoms with Crippen LogP contribution in [0.4, 0.5) is 5.95 Å². The zero-order valence-electron chi connectivity index (χ0n) is 17.7. The molecule has 0 unspecified atom stereocenters. The highest BCUT2D eigenvalue weighted by Gasteiger charge is 2.22. The molecule has 2 heterocycles. The van der Waals surface area contributed by atoms with E-state index in [0.29, 0.717) is 31.6 Å². The number of H-pyrrole nitrogens is 1. The van der Waals surface area contributed by atoms with Gasteiger partial charge in [0.25, 0.3) is 5.56 Å². The number of amides is 1. The van der Waals surface area contributed by atoms with Gasteiger partial charge in [0.1, 0.15) is 6.73 Å². The van der Waals surface area contributed by atoms with Crippen molar-refractivity contribution in [1.82, 2.24) is 19.5 Å². The Morgan fingerprint density at radius 3 is 2.57 bits per heavy atom. The van der Waals surface area contributed by atoms with Crippen LogP contribution in [0.2, 0.25) is 0 Å². The van der Waals surface area contributed by atoms with Crippen molar-refractivity contribution in [2.75, 3.05) is 31.3 Å². The van der Waals surface area contributed by atoms with Gasteiger partial charge in [-0.2, -0.15) is 4.98 Å². The number of ether oxygens (including phenoxy) is 1. The molecule has 0 aliphatic rings. The van der Waals surface area contributed by atoms with Crippen molar-refractivity contribution >= 4 is 30.6 Å². The van der Waals surface area contributed by atoms with Gasteiger partial charge in [0.15, 0.2) is 11.2 Å². The van der Waals surface area contributed by atoms with Crippen molar-refractivity contribution in [2.45, 2.75) is 53.2 Å². The van der Waals surface area contributed by atoms with E-state index in [1.165, 1.54) is 13.3 Å². The molecule has 0 fully saturated rings. The molecule has 0 bridgehead atoms. The first kappa shape index (κ1) is 24.2. The van der Waals surface area contributed by atoms with Crippen LogP contribution in [-0.2, 0) is 29.9 Å². The van der Waals surface area contributed by atoms with E-state index in [9.17, 15) is 14.2 Å². The van der Waals surface area contributed by atoms with Crippen LogP contribution >= 0.6 is 7.60 Å². The Kier molecular flexibility index (Phi) is 9.64. The molecule has 2 aromatic rings. The van der Waals surface area contributed by atoms with Crippen molar-refractivity contribution in [3.63, 3.8) is 0 Å². The molecule has 2 aromatic heterocycles. The predicted molar refractivity (Wildman–Crippen MR) is 113 cm³/mol. The average molecular weight is 443 g/mol. The number of hydrogen-bond donors (Lipinski definition) is 2. The molecular weight excluding hydrogens is 413 g/mol. The van der Waals surface area contributed by atoms with Gasteiger partial charge in [0.2, 0.25) is 11.9 Å². The first-order valence-electron chi connectivity index (χ1n) is 10.1. The molecule has 11 nitrogen and oxygen atoms in total. The average Bonchev–Trinajstić information content (AvgIpc) is 3.07. The van der Waals surface area contributed by atoms with Gasteiger partial charge in [-0.05, 0) is 26.7 Å². The maximum Gasteiger partial charge on any atom is 0.330 e. The Labute approximate surface area is 175 Å². The van der Waals surface area contributed by atoms with Crippen LogP contribution in [0.25, 0.3) is 11.2 Å². The Morgan fingerprint density at radius 1 is 1.20 bits per heavy atom. The quantitative estimate of drug-likeness (QED) is 0.336. The van der Waals surface area contributed by atoms with Crippen molar-refractivity contribution in [2.24, 2.45) is 0 Å². The standard InChI is InChI=1S/C18H30N5O6P/c1-4-28-30(26,29-5-2)11-9-7-6-8-10-27-13-23-12-19-15-16(23)21-18(20-14(3)24)22-17(15)25/h12H,4-11,13H2,1-3H3,(H2,20,21,22,24,25). The van der Waals surface area contributed by atoms with E-state index in [0.717, 1.165) is 25.7 Å². The number of rotatable bonds is 14. The van der Waals surface area contributed by atoms with E-state index < -0.39 is 13.2 Å². The number of aromatic amines is 1. The van der Waals surface area contributed by atoms with Gasteiger partial charge < -0.3 is 13.8 Å². The van der Waals surface area contributed by atoms with Crippen LogP contribution in [0.1, 0.15) is 46.5 Å². The van der Waals surface area contributed by atoms with Gasteiger partial charge in [-0.1, -0.05) is 12.8 Å². The van der Waals surface area contributed by atoms with Crippen molar-refractivity contribution in [1.29, 1.82) is 0 Å². The Morgan fingerprint density at radius 2 is 1.90 bits per heavy atom. The SMILES string of the molecule is CCOP(=O)(CCCCCCOCn1cnc2c(=O)[nH]c(NC(C)=O)nc21)OCC. The summed E-state index contributed by atoms with van der Waals surface area (Å²) < 4.78 is 30.2. The van der Waals surface area contributed by atoms with Crippen molar-refractivity contribution in [3.8, 4) is 0 Å². The smallest absolute Gasteiger partial charge is 0.330 e. The Hall–Kier alpha value is -2.07. The first-order valence-corrected chi connectivity index (χ1v) is 11.8. The predicted octanol–water partition coefficient (Wildman–Crippen LogP) is 2.88. The van der Waals surface area contributed by atoms with E-state index in [1.807, 2.05) is 0 Å². The number of aromatic nitrogens is 4. The topological polar surface area (TPSA) is 137 Å². The van der Waals surface area contributed by atoms with Crippen LogP contribution in [-0.4, -0.2) is 51.4 Å². The lowest BCUT2D eigenvalue weighted by molar-refractivity contribution is -0.114. The monoisotopic (exact) mass is 443 g/mol. The molecule has 0 aliphatic carbocycles. The van der Waals surface area contributed by atoms with Crippen LogP contribution in [0, 0.1) is 0 Å². The molecule has 2 N–H and O–H groups in total. The number of carbonyl (C=O) groups is 1. The molecule has 30 heavy (non-hydrogen) atoms. The summed E-state index contributed by atoms with van der Waals surface area (Å²) in [5.74, 6) is -0.267. The van der Waals surface area contributed by atoms with E-state index in [2.05, 4.69) is 20.3 Å². The van der Waals surface area contributed by atoms with E-state index in [4.69, 9.17) is 13.8 Å². The minimum absolute atomic E-state index is 0.0677. The summed E-state index contributed by atoms with van der Waals surface area (Å²) in [5.41, 5.74) is 0.0877. The molecule has 0 saturated heterocycles. The van der Waals surface area contributed by atoms with E-state index in [-0.39, 0.29) is 24.1 Å². The summed E-state index contributed by atoms with van der Waals surface area (Å²) in [6, 6.07) is 0. The normalized spacial score (nSPS) is 11.8. The van der Waals surface area contributed by atoms with Gasteiger partial charge in [-0.25, -0.2) is 4.98 Å². The van der Waals surface area contributed by atoms with Gasteiger partial charge in [0, 0.05) is 13.5 Å². The lowest BCUT2D eigenvalue weighted by Gasteiger charge is -2.16. The summed E-state index contributed by atoms with van der Waals surface area (Å²) in [7, 11) is -2.96. The molecule has 0 saturated carbocycles. The van der Waals surface area contributed by atoms with E-state index >= 15 is 0 Å². The third kappa shape index (κ3) is 7.32. The van der Waals surface area contributed by atoms with Gasteiger partial charge in [-0.15, -0.1) is 0 Å². The molecular formula is C18H30N5O6P. The highest BCUT2D eigenvalue weighted by molar-refractivity contribution is 7.53. The summed E-state index contributed by atoms with van der Waals surface area (Å²) >= 11 is 0. The molecule has 0 aliphatic heterocycles. The second-order valence-corrected chi connectivity index (χ2v) is 8.79. The third-order valence-electron chi connectivity index (χ3n) is 4.12. The molecule has 0 aromatic carbocycles. The lowest BCUT2D eigenvalue weighted by Crippen LogP contribution is -2.17. The molecule has 12 heteroatoms. The maximum absolute atomic E-state index is 12.4. The van der Waals surface area contributed by atoms with Gasteiger partial charge >= 0.3 is 7.60 Å². The fraction of sp³-hybridized carbons (Fsp3) is 0.667. The summed E-state index contributed by atoms with van der Waals surface area (Å²) in [6.07, 6.45) is 5.33. The largest absolute Gasteiger partial charge is 0.361 e. The van der Waals surface area contributed by atoms with Crippen LogP contribution < -0.4 is 10.9 Å². The Balaban J connectivity index is 1.74. The number of hydrogen-bond acceptors (Lipinski definition) is 8. The zero-order valence-corrected chi connectivity index (χ0v) is 18.6. The summed E-state index contributed by atoms with van der Waals surface area (Å²) in [5, 5.41) is 2.45. The minimum Gasteiger partial charge on any atom is -0.361 e. The third-order valence-corrected chi connectivity index (χ3v) is 6.29. The molecule has 1 amide bonds.